The van der Waals surface area contributed by atoms with Crippen LogP contribution < -0.4 is 0 Å². The van der Waals surface area contributed by atoms with Crippen molar-refractivity contribution >= 4 is 5.97 Å². The van der Waals surface area contributed by atoms with Crippen LogP contribution in [0, 0.1) is 0 Å². The van der Waals surface area contributed by atoms with Crippen LogP contribution >= 0.6 is 0 Å². The van der Waals surface area contributed by atoms with Gasteiger partial charge in [-0.25, -0.2) is 0 Å². The number of esters is 1. The normalized spacial score (nSPS) is 12.9. The van der Waals surface area contributed by atoms with Gasteiger partial charge in [0, 0.05) is 19.7 Å². The zero-order valence-corrected chi connectivity index (χ0v) is 8.77. The lowest BCUT2D eigenvalue weighted by molar-refractivity contribution is -0.146. The maximum atomic E-state index is 11.2. The van der Waals surface area contributed by atoms with Gasteiger partial charge in [0.2, 0.25) is 0 Å². The summed E-state index contributed by atoms with van der Waals surface area (Å²) in [4.78, 5) is 13.0. The molecule has 0 saturated carbocycles. The number of ether oxygens (including phenoxy) is 1. The lowest BCUT2D eigenvalue weighted by atomic mass is 10.2. The van der Waals surface area contributed by atoms with Crippen LogP contribution in [0.3, 0.4) is 0 Å². The zero-order valence-electron chi connectivity index (χ0n) is 8.77. The summed E-state index contributed by atoms with van der Waals surface area (Å²) in [5.74, 6) is -0.323. The van der Waals surface area contributed by atoms with Crippen molar-refractivity contribution in [1.82, 2.24) is 4.90 Å². The standard InChI is InChI=1S/C9H19NO4/c1-8(9(13)14-2)10(5-7-12)4-3-6-11/h8,11-12H,3-7H2,1-2H3. The molecule has 0 saturated heterocycles. The van der Waals surface area contributed by atoms with Crippen LogP contribution in [0.25, 0.3) is 0 Å². The Kier molecular flexibility index (Phi) is 7.37. The summed E-state index contributed by atoms with van der Waals surface area (Å²) in [5, 5.41) is 17.4. The van der Waals surface area contributed by atoms with E-state index in [2.05, 4.69) is 4.74 Å². The van der Waals surface area contributed by atoms with E-state index in [-0.39, 0.29) is 25.2 Å². The lowest BCUT2D eigenvalue weighted by Gasteiger charge is -2.25. The molecule has 14 heavy (non-hydrogen) atoms. The van der Waals surface area contributed by atoms with E-state index < -0.39 is 0 Å². The van der Waals surface area contributed by atoms with Crippen molar-refractivity contribution in [2.24, 2.45) is 0 Å². The maximum absolute atomic E-state index is 11.2. The molecule has 0 aromatic carbocycles. The molecule has 0 bridgehead atoms. The fourth-order valence-corrected chi connectivity index (χ4v) is 1.22. The number of aliphatic hydroxyl groups is 2. The number of carbonyl (C=O) groups is 1. The number of carbonyl (C=O) groups excluding carboxylic acids is 1. The molecule has 0 aliphatic heterocycles. The van der Waals surface area contributed by atoms with Crippen molar-refractivity contribution in [3.63, 3.8) is 0 Å². The van der Waals surface area contributed by atoms with E-state index in [1.807, 2.05) is 0 Å². The van der Waals surface area contributed by atoms with Crippen molar-refractivity contribution in [2.75, 3.05) is 33.4 Å². The van der Waals surface area contributed by atoms with Crippen molar-refractivity contribution in [2.45, 2.75) is 19.4 Å². The molecule has 0 spiro atoms. The summed E-state index contributed by atoms with van der Waals surface area (Å²) < 4.78 is 4.59. The molecule has 5 nitrogen and oxygen atoms in total. The average molecular weight is 205 g/mol. The van der Waals surface area contributed by atoms with Gasteiger partial charge in [0.15, 0.2) is 0 Å². The first-order valence-corrected chi connectivity index (χ1v) is 4.71. The highest BCUT2D eigenvalue weighted by Crippen LogP contribution is 2.01. The van der Waals surface area contributed by atoms with Gasteiger partial charge in [-0.15, -0.1) is 0 Å². The SMILES string of the molecule is COC(=O)C(C)N(CCO)CCCO. The summed E-state index contributed by atoms with van der Waals surface area (Å²) in [5.41, 5.74) is 0. The van der Waals surface area contributed by atoms with Crippen molar-refractivity contribution < 1.29 is 19.7 Å². The Bertz CT molecular complexity index is 163. The van der Waals surface area contributed by atoms with Crippen molar-refractivity contribution in [3.8, 4) is 0 Å². The first kappa shape index (κ1) is 13.4. The Morgan fingerprint density at radius 3 is 2.43 bits per heavy atom. The molecule has 84 valence electrons. The van der Waals surface area contributed by atoms with E-state index in [0.29, 0.717) is 19.5 Å². The predicted molar refractivity (Wildman–Crippen MR) is 51.8 cm³/mol. The van der Waals surface area contributed by atoms with E-state index in [4.69, 9.17) is 10.2 Å². The van der Waals surface area contributed by atoms with Crippen LogP contribution in [-0.2, 0) is 9.53 Å². The minimum absolute atomic E-state index is 0.00718. The molecule has 5 heteroatoms. The molecule has 1 atom stereocenters. The first-order valence-electron chi connectivity index (χ1n) is 4.71. The summed E-state index contributed by atoms with van der Waals surface area (Å²) in [7, 11) is 1.34. The van der Waals surface area contributed by atoms with E-state index in [9.17, 15) is 4.79 Å². The molecule has 0 radical (unpaired) electrons. The van der Waals surface area contributed by atoms with Gasteiger partial charge < -0.3 is 14.9 Å². The van der Waals surface area contributed by atoms with Gasteiger partial charge in [-0.1, -0.05) is 0 Å². The summed E-state index contributed by atoms with van der Waals surface area (Å²) >= 11 is 0. The third-order valence-corrected chi connectivity index (χ3v) is 2.08. The number of rotatable bonds is 7. The molecular formula is C9H19NO4. The second kappa shape index (κ2) is 7.73. The predicted octanol–water partition coefficient (Wildman–Crippen LogP) is -0.775. The zero-order chi connectivity index (χ0) is 11.0. The van der Waals surface area contributed by atoms with Gasteiger partial charge in [0.25, 0.3) is 0 Å². The minimum Gasteiger partial charge on any atom is -0.468 e. The highest BCUT2D eigenvalue weighted by molar-refractivity contribution is 5.75. The molecule has 0 heterocycles. The van der Waals surface area contributed by atoms with Crippen molar-refractivity contribution in [3.05, 3.63) is 0 Å². The highest BCUT2D eigenvalue weighted by atomic mass is 16.5. The number of methoxy groups -OCH3 is 1. The first-order chi connectivity index (χ1) is 6.67. The van der Waals surface area contributed by atoms with E-state index in [1.54, 1.807) is 11.8 Å². The maximum Gasteiger partial charge on any atom is 0.322 e. The number of hydrogen-bond acceptors (Lipinski definition) is 5. The lowest BCUT2D eigenvalue weighted by Crippen LogP contribution is -2.42. The fourth-order valence-electron chi connectivity index (χ4n) is 1.22. The fraction of sp³-hybridized carbons (Fsp3) is 0.889. The summed E-state index contributed by atoms with van der Waals surface area (Å²) in [6.45, 7) is 2.78. The Hall–Kier alpha value is -0.650. The molecule has 0 aromatic heterocycles. The van der Waals surface area contributed by atoms with E-state index in [1.165, 1.54) is 7.11 Å². The van der Waals surface area contributed by atoms with Gasteiger partial charge in [0.1, 0.15) is 6.04 Å². The Labute approximate surface area is 84.3 Å². The molecule has 2 N–H and O–H groups in total. The third kappa shape index (κ3) is 4.55. The van der Waals surface area contributed by atoms with Crippen LogP contribution in [0.1, 0.15) is 13.3 Å². The van der Waals surface area contributed by atoms with Gasteiger partial charge in [-0.3, -0.25) is 9.69 Å². The van der Waals surface area contributed by atoms with Crippen molar-refractivity contribution in [1.29, 1.82) is 0 Å². The van der Waals surface area contributed by atoms with Gasteiger partial charge in [0.05, 0.1) is 13.7 Å². The molecule has 0 aliphatic carbocycles. The van der Waals surface area contributed by atoms with Crippen LogP contribution in [0.2, 0.25) is 0 Å². The summed E-state index contributed by atoms with van der Waals surface area (Å²) in [6, 6.07) is -0.376. The number of nitrogens with zero attached hydrogens (tertiary/aromatic N) is 1. The molecule has 0 aliphatic rings. The second-order valence-corrected chi connectivity index (χ2v) is 3.04. The van der Waals surface area contributed by atoms with Crippen LogP contribution in [0.4, 0.5) is 0 Å². The van der Waals surface area contributed by atoms with E-state index in [0.717, 1.165) is 0 Å². The Balaban J connectivity index is 4.09. The molecular weight excluding hydrogens is 186 g/mol. The molecule has 0 rings (SSSR count). The monoisotopic (exact) mass is 205 g/mol. The van der Waals surface area contributed by atoms with E-state index >= 15 is 0 Å². The number of hydrogen-bond donors (Lipinski definition) is 2. The topological polar surface area (TPSA) is 70.0 Å². The van der Waals surface area contributed by atoms with Gasteiger partial charge in [-0.2, -0.15) is 0 Å². The quantitative estimate of drug-likeness (QED) is 0.534. The molecule has 0 fully saturated rings. The van der Waals surface area contributed by atoms with Crippen LogP contribution in [-0.4, -0.2) is 60.5 Å². The third-order valence-electron chi connectivity index (χ3n) is 2.08. The van der Waals surface area contributed by atoms with Crippen LogP contribution in [0.5, 0.6) is 0 Å². The highest BCUT2D eigenvalue weighted by Gasteiger charge is 2.20. The molecule has 0 aromatic rings. The summed E-state index contributed by atoms with van der Waals surface area (Å²) in [6.07, 6.45) is 0.585. The average Bonchev–Trinajstić information content (AvgIpc) is 2.22. The van der Waals surface area contributed by atoms with Gasteiger partial charge >= 0.3 is 5.97 Å². The Morgan fingerprint density at radius 2 is 2.00 bits per heavy atom. The number of aliphatic hydroxyl groups excluding tert-OH is 2. The van der Waals surface area contributed by atoms with Gasteiger partial charge in [-0.05, 0) is 13.3 Å². The van der Waals surface area contributed by atoms with Crippen LogP contribution in [0.15, 0.2) is 0 Å². The molecule has 0 amide bonds. The minimum atomic E-state index is -0.376. The second-order valence-electron chi connectivity index (χ2n) is 3.04. The molecule has 1 unspecified atom stereocenters. The largest absolute Gasteiger partial charge is 0.468 e. The Morgan fingerprint density at radius 1 is 1.36 bits per heavy atom. The smallest absolute Gasteiger partial charge is 0.322 e.